The molecule has 0 amide bonds. The van der Waals surface area contributed by atoms with Crippen LogP contribution in [0.3, 0.4) is 0 Å². The summed E-state index contributed by atoms with van der Waals surface area (Å²) in [6, 6.07) is 7.71. The zero-order chi connectivity index (χ0) is 19.3. The number of fused-ring (bicyclic) bond motifs is 1. The Morgan fingerprint density at radius 3 is 2.59 bits per heavy atom. The SMILES string of the molecule is Cc1cc(C2CC2)n2nc(S(=O)(=O)Nc3c(C)cccc3C(C)C)nc2n1. The molecule has 142 valence electrons. The van der Waals surface area contributed by atoms with E-state index in [0.717, 1.165) is 35.4 Å². The molecule has 0 spiro atoms. The molecule has 1 fully saturated rings. The van der Waals surface area contributed by atoms with Crippen molar-refractivity contribution in [3.8, 4) is 0 Å². The first-order valence-corrected chi connectivity index (χ1v) is 10.6. The Labute approximate surface area is 158 Å². The van der Waals surface area contributed by atoms with E-state index < -0.39 is 10.0 Å². The molecule has 2 heterocycles. The first-order valence-electron chi connectivity index (χ1n) is 9.13. The molecule has 3 aromatic rings. The fourth-order valence-electron chi connectivity index (χ4n) is 3.27. The number of aryl methyl sites for hydroxylation is 2. The van der Waals surface area contributed by atoms with Crippen molar-refractivity contribution in [2.24, 2.45) is 0 Å². The molecule has 1 aliphatic rings. The highest BCUT2D eigenvalue weighted by atomic mass is 32.2. The highest BCUT2D eigenvalue weighted by Crippen LogP contribution is 2.40. The molecule has 7 nitrogen and oxygen atoms in total. The molecule has 0 radical (unpaired) electrons. The van der Waals surface area contributed by atoms with Crippen LogP contribution in [0, 0.1) is 13.8 Å². The van der Waals surface area contributed by atoms with Gasteiger partial charge in [-0.05, 0) is 49.8 Å². The number of aromatic nitrogens is 4. The zero-order valence-corrected chi connectivity index (χ0v) is 16.7. The van der Waals surface area contributed by atoms with Crippen molar-refractivity contribution in [2.75, 3.05) is 4.72 Å². The summed E-state index contributed by atoms with van der Waals surface area (Å²) in [5.74, 6) is 0.914. The van der Waals surface area contributed by atoms with Crippen LogP contribution in [0.15, 0.2) is 29.4 Å². The van der Waals surface area contributed by atoms with Gasteiger partial charge in [0.25, 0.3) is 21.0 Å². The minimum absolute atomic E-state index is 0.183. The minimum Gasteiger partial charge on any atom is -0.276 e. The second kappa shape index (κ2) is 6.30. The zero-order valence-electron chi connectivity index (χ0n) is 15.9. The van der Waals surface area contributed by atoms with Crippen molar-refractivity contribution in [2.45, 2.75) is 57.5 Å². The summed E-state index contributed by atoms with van der Waals surface area (Å²) in [4.78, 5) is 8.55. The number of anilines is 1. The van der Waals surface area contributed by atoms with E-state index in [4.69, 9.17) is 0 Å². The highest BCUT2D eigenvalue weighted by molar-refractivity contribution is 7.92. The van der Waals surface area contributed by atoms with Gasteiger partial charge < -0.3 is 0 Å². The maximum Gasteiger partial charge on any atom is 0.299 e. The molecule has 1 N–H and O–H groups in total. The number of hydrogen-bond acceptors (Lipinski definition) is 5. The van der Waals surface area contributed by atoms with Gasteiger partial charge in [0.15, 0.2) is 0 Å². The maximum absolute atomic E-state index is 13.0. The van der Waals surface area contributed by atoms with Crippen LogP contribution in [-0.4, -0.2) is 28.0 Å². The summed E-state index contributed by atoms with van der Waals surface area (Å²) in [6.07, 6.45) is 2.17. The van der Waals surface area contributed by atoms with Crippen LogP contribution in [0.2, 0.25) is 0 Å². The molecule has 2 aromatic heterocycles. The molecule has 0 unspecified atom stereocenters. The predicted molar refractivity (Wildman–Crippen MR) is 104 cm³/mol. The second-order valence-corrected chi connectivity index (χ2v) is 9.08. The van der Waals surface area contributed by atoms with Crippen molar-refractivity contribution < 1.29 is 8.42 Å². The van der Waals surface area contributed by atoms with Crippen LogP contribution in [0.5, 0.6) is 0 Å². The topological polar surface area (TPSA) is 89.3 Å². The summed E-state index contributed by atoms with van der Waals surface area (Å²) in [5.41, 5.74) is 4.19. The largest absolute Gasteiger partial charge is 0.299 e. The average molecular weight is 385 g/mol. The van der Waals surface area contributed by atoms with Crippen LogP contribution in [0.25, 0.3) is 5.78 Å². The normalized spacial score (nSPS) is 14.9. The Hall–Kier alpha value is -2.48. The Bertz CT molecular complexity index is 1130. The van der Waals surface area contributed by atoms with Gasteiger partial charge in [0.1, 0.15) is 0 Å². The van der Waals surface area contributed by atoms with E-state index in [1.807, 2.05) is 52.0 Å². The summed E-state index contributed by atoms with van der Waals surface area (Å²) in [6.45, 7) is 7.83. The van der Waals surface area contributed by atoms with Gasteiger partial charge in [-0.1, -0.05) is 32.0 Å². The van der Waals surface area contributed by atoms with Crippen LogP contribution >= 0.6 is 0 Å². The Kier molecular flexibility index (Phi) is 4.18. The van der Waals surface area contributed by atoms with Crippen molar-refractivity contribution in [3.05, 3.63) is 46.8 Å². The molecular weight excluding hydrogens is 362 g/mol. The predicted octanol–water partition coefficient (Wildman–Crippen LogP) is 3.54. The maximum atomic E-state index is 13.0. The highest BCUT2D eigenvalue weighted by Gasteiger charge is 2.30. The molecule has 4 rings (SSSR count). The van der Waals surface area contributed by atoms with Gasteiger partial charge in [0, 0.05) is 11.6 Å². The van der Waals surface area contributed by atoms with E-state index >= 15 is 0 Å². The third kappa shape index (κ3) is 3.29. The van der Waals surface area contributed by atoms with Crippen molar-refractivity contribution in [3.63, 3.8) is 0 Å². The third-order valence-electron chi connectivity index (χ3n) is 4.85. The van der Waals surface area contributed by atoms with E-state index in [0.29, 0.717) is 17.4 Å². The summed E-state index contributed by atoms with van der Waals surface area (Å²) in [7, 11) is -3.92. The summed E-state index contributed by atoms with van der Waals surface area (Å²) in [5, 5.41) is 4.03. The molecule has 0 saturated heterocycles. The van der Waals surface area contributed by atoms with Crippen LogP contribution in [-0.2, 0) is 10.0 Å². The van der Waals surface area contributed by atoms with Crippen molar-refractivity contribution in [1.82, 2.24) is 19.6 Å². The number of hydrogen-bond donors (Lipinski definition) is 1. The molecule has 27 heavy (non-hydrogen) atoms. The first kappa shape index (κ1) is 17.9. The lowest BCUT2D eigenvalue weighted by atomic mass is 9.99. The molecule has 0 atom stereocenters. The molecule has 0 bridgehead atoms. The monoisotopic (exact) mass is 385 g/mol. The molecular formula is C19H23N5O2S. The molecule has 1 aliphatic carbocycles. The Balaban J connectivity index is 1.79. The second-order valence-electron chi connectivity index (χ2n) is 7.50. The van der Waals surface area contributed by atoms with Gasteiger partial charge in [0.2, 0.25) is 0 Å². The Morgan fingerprint density at radius 1 is 1.19 bits per heavy atom. The lowest BCUT2D eigenvalue weighted by molar-refractivity contribution is 0.591. The van der Waals surface area contributed by atoms with Crippen LogP contribution in [0.1, 0.15) is 61.0 Å². The van der Waals surface area contributed by atoms with E-state index in [1.165, 1.54) is 0 Å². The Morgan fingerprint density at radius 2 is 1.93 bits per heavy atom. The smallest absolute Gasteiger partial charge is 0.276 e. The molecule has 0 aliphatic heterocycles. The van der Waals surface area contributed by atoms with Crippen molar-refractivity contribution >= 4 is 21.5 Å². The van der Waals surface area contributed by atoms with Crippen LogP contribution < -0.4 is 4.72 Å². The number of nitrogens with zero attached hydrogens (tertiary/aromatic N) is 4. The number of sulfonamides is 1. The summed E-state index contributed by atoms with van der Waals surface area (Å²) < 4.78 is 30.3. The molecule has 1 aromatic carbocycles. The average Bonchev–Trinajstić information content (AvgIpc) is 3.34. The van der Waals surface area contributed by atoms with Gasteiger partial charge in [-0.2, -0.15) is 17.9 Å². The van der Waals surface area contributed by atoms with E-state index in [2.05, 4.69) is 19.8 Å². The van der Waals surface area contributed by atoms with Gasteiger partial charge in [-0.15, -0.1) is 5.10 Å². The molecule has 8 heteroatoms. The standard InChI is InChI=1S/C19H23N5O2S/c1-11(2)15-7-5-6-12(3)17(15)23-27(25,26)19-21-18-20-13(4)10-16(14-8-9-14)24(18)22-19/h5-7,10-11,14,23H,8-9H2,1-4H3. The fourth-order valence-corrected chi connectivity index (χ4v) is 4.30. The first-order chi connectivity index (χ1) is 12.8. The van der Waals surface area contributed by atoms with Crippen LogP contribution in [0.4, 0.5) is 5.69 Å². The van der Waals surface area contributed by atoms with Gasteiger partial charge in [0.05, 0.1) is 11.4 Å². The van der Waals surface area contributed by atoms with Crippen molar-refractivity contribution in [1.29, 1.82) is 0 Å². The lowest BCUT2D eigenvalue weighted by Crippen LogP contribution is -2.17. The molecule has 1 saturated carbocycles. The number of rotatable bonds is 5. The fraction of sp³-hybridized carbons (Fsp3) is 0.421. The van der Waals surface area contributed by atoms with E-state index in [1.54, 1.807) is 4.52 Å². The van der Waals surface area contributed by atoms with E-state index in [9.17, 15) is 8.42 Å². The number of nitrogens with one attached hydrogen (secondary N) is 1. The third-order valence-corrected chi connectivity index (χ3v) is 5.97. The van der Waals surface area contributed by atoms with Gasteiger partial charge in [-0.25, -0.2) is 4.98 Å². The van der Waals surface area contributed by atoms with E-state index in [-0.39, 0.29) is 11.1 Å². The van der Waals surface area contributed by atoms with Gasteiger partial charge >= 0.3 is 0 Å². The summed E-state index contributed by atoms with van der Waals surface area (Å²) >= 11 is 0. The number of para-hydroxylation sites is 1. The minimum atomic E-state index is -3.92. The lowest BCUT2D eigenvalue weighted by Gasteiger charge is -2.16. The number of benzene rings is 1. The quantitative estimate of drug-likeness (QED) is 0.725. The van der Waals surface area contributed by atoms with Gasteiger partial charge in [-0.3, -0.25) is 4.72 Å².